The quantitative estimate of drug-likeness (QED) is 0.508. The van der Waals surface area contributed by atoms with Crippen molar-refractivity contribution in [3.05, 3.63) is 95.8 Å². The highest BCUT2D eigenvalue weighted by Crippen LogP contribution is 2.29. The minimum Gasteiger partial charge on any atom is -0.497 e. The third-order valence-corrected chi connectivity index (χ3v) is 4.71. The Morgan fingerprint density at radius 2 is 1.62 bits per heavy atom. The number of ether oxygens (including phenoxy) is 1. The molecule has 2 aromatic carbocycles. The van der Waals surface area contributed by atoms with E-state index in [4.69, 9.17) is 10.5 Å². The molecule has 0 spiro atoms. The number of pyridine rings is 1. The van der Waals surface area contributed by atoms with E-state index in [1.54, 1.807) is 72.3 Å². The van der Waals surface area contributed by atoms with Crippen molar-refractivity contribution in [2.45, 2.75) is 0 Å². The molecule has 0 bridgehead atoms. The Kier molecular flexibility index (Phi) is 4.75. The third-order valence-electron chi connectivity index (χ3n) is 4.71. The number of nitrogens with two attached hydrogens (primary N) is 1. The number of hydrogen-bond donors (Lipinski definition) is 2. The lowest BCUT2D eigenvalue weighted by Crippen LogP contribution is -2.14. The highest BCUT2D eigenvalue weighted by atomic mass is 16.5. The van der Waals surface area contributed by atoms with Gasteiger partial charge in [0, 0.05) is 17.4 Å². The van der Waals surface area contributed by atoms with E-state index in [1.165, 1.54) is 0 Å². The molecule has 0 aliphatic heterocycles. The van der Waals surface area contributed by atoms with Crippen LogP contribution in [0, 0.1) is 0 Å². The van der Waals surface area contributed by atoms with Crippen LogP contribution < -0.4 is 15.8 Å². The maximum absolute atomic E-state index is 13.2. The van der Waals surface area contributed by atoms with Crippen LogP contribution in [0.25, 0.3) is 5.52 Å². The number of nitrogen functional groups attached to an aromatic ring is 1. The van der Waals surface area contributed by atoms with Crippen LogP contribution in [0.2, 0.25) is 0 Å². The van der Waals surface area contributed by atoms with Crippen molar-refractivity contribution in [3.63, 3.8) is 0 Å². The first-order chi connectivity index (χ1) is 14.1. The number of ketones is 1. The number of methoxy groups -OCH3 is 1. The second-order valence-electron chi connectivity index (χ2n) is 6.47. The van der Waals surface area contributed by atoms with Gasteiger partial charge in [0.1, 0.15) is 11.4 Å². The minimum atomic E-state index is -0.369. The Balaban J connectivity index is 1.80. The van der Waals surface area contributed by atoms with Gasteiger partial charge in [-0.2, -0.15) is 0 Å². The Morgan fingerprint density at radius 1 is 0.931 bits per heavy atom. The SMILES string of the molecule is COc1ccc(C(=O)c2c(N)c(C(=O)Nc3ccccc3)c3ccccn23)cc1. The smallest absolute Gasteiger partial charge is 0.259 e. The van der Waals surface area contributed by atoms with Crippen LogP contribution in [0.15, 0.2) is 79.0 Å². The zero-order valence-corrected chi connectivity index (χ0v) is 15.8. The number of carbonyl (C=O) groups is 2. The summed E-state index contributed by atoms with van der Waals surface area (Å²) in [6.45, 7) is 0. The Labute approximate surface area is 167 Å². The van der Waals surface area contributed by atoms with E-state index in [1.807, 2.05) is 18.2 Å². The lowest BCUT2D eigenvalue weighted by Gasteiger charge is -2.06. The first-order valence-electron chi connectivity index (χ1n) is 9.04. The van der Waals surface area contributed by atoms with E-state index in [0.717, 1.165) is 0 Å². The topological polar surface area (TPSA) is 85.8 Å². The largest absolute Gasteiger partial charge is 0.497 e. The molecule has 144 valence electrons. The standard InChI is InChI=1S/C23H19N3O3/c1-29-17-12-10-15(11-13-17)22(27)21-20(24)19(18-9-5-6-14-26(18)21)23(28)25-16-7-3-2-4-8-16/h2-14H,24H2,1H3,(H,25,28). The summed E-state index contributed by atoms with van der Waals surface area (Å²) in [6.07, 6.45) is 1.72. The number of para-hydroxylation sites is 1. The molecule has 2 heterocycles. The highest BCUT2D eigenvalue weighted by molar-refractivity contribution is 6.20. The summed E-state index contributed by atoms with van der Waals surface area (Å²) >= 11 is 0. The highest BCUT2D eigenvalue weighted by Gasteiger charge is 2.26. The second kappa shape index (κ2) is 7.52. The summed E-state index contributed by atoms with van der Waals surface area (Å²) in [5, 5.41) is 2.84. The molecule has 0 aliphatic carbocycles. The van der Waals surface area contributed by atoms with Gasteiger partial charge in [-0.05, 0) is 48.5 Å². The Hall–Kier alpha value is -4.06. The fraction of sp³-hybridized carbons (Fsp3) is 0.0435. The fourth-order valence-electron chi connectivity index (χ4n) is 3.29. The van der Waals surface area contributed by atoms with Crippen molar-refractivity contribution in [2.75, 3.05) is 18.2 Å². The van der Waals surface area contributed by atoms with E-state index in [0.29, 0.717) is 22.5 Å². The van der Waals surface area contributed by atoms with Crippen molar-refractivity contribution in [1.29, 1.82) is 0 Å². The number of fused-ring (bicyclic) bond motifs is 1. The lowest BCUT2D eigenvalue weighted by molar-refractivity contribution is 0.102. The Bertz CT molecular complexity index is 1200. The predicted molar refractivity (Wildman–Crippen MR) is 113 cm³/mol. The molecular formula is C23H19N3O3. The lowest BCUT2D eigenvalue weighted by atomic mass is 10.1. The number of rotatable bonds is 5. The molecular weight excluding hydrogens is 366 g/mol. The van der Waals surface area contributed by atoms with E-state index < -0.39 is 0 Å². The number of nitrogens with zero attached hydrogens (tertiary/aromatic N) is 1. The van der Waals surface area contributed by atoms with Crippen molar-refractivity contribution < 1.29 is 14.3 Å². The Morgan fingerprint density at radius 3 is 2.31 bits per heavy atom. The molecule has 0 aliphatic rings. The molecule has 0 saturated heterocycles. The van der Waals surface area contributed by atoms with Crippen LogP contribution in [0.4, 0.5) is 11.4 Å². The summed E-state index contributed by atoms with van der Waals surface area (Å²) in [5.74, 6) is 0.00811. The second-order valence-corrected chi connectivity index (χ2v) is 6.47. The van der Waals surface area contributed by atoms with Gasteiger partial charge < -0.3 is 20.2 Å². The molecule has 6 nitrogen and oxygen atoms in total. The maximum Gasteiger partial charge on any atom is 0.259 e. The molecule has 0 radical (unpaired) electrons. The summed E-state index contributed by atoms with van der Waals surface area (Å²) in [6, 6.07) is 21.2. The van der Waals surface area contributed by atoms with Crippen LogP contribution in [0.3, 0.4) is 0 Å². The third kappa shape index (κ3) is 3.32. The molecule has 0 unspecified atom stereocenters. The average Bonchev–Trinajstić information content (AvgIpc) is 3.05. The van der Waals surface area contributed by atoms with Gasteiger partial charge in [0.2, 0.25) is 5.78 Å². The molecule has 2 aromatic heterocycles. The summed E-state index contributed by atoms with van der Waals surface area (Å²) < 4.78 is 6.80. The fourth-order valence-corrected chi connectivity index (χ4v) is 3.29. The van der Waals surface area contributed by atoms with E-state index in [2.05, 4.69) is 5.32 Å². The van der Waals surface area contributed by atoms with E-state index >= 15 is 0 Å². The predicted octanol–water partition coefficient (Wildman–Crippen LogP) is 4.01. The van der Waals surface area contributed by atoms with E-state index in [-0.39, 0.29) is 28.6 Å². The molecule has 0 fully saturated rings. The zero-order valence-electron chi connectivity index (χ0n) is 15.8. The summed E-state index contributed by atoms with van der Waals surface area (Å²) in [5.41, 5.74) is 8.67. The van der Waals surface area contributed by atoms with Crippen LogP contribution in [-0.2, 0) is 0 Å². The number of hydrogen-bond acceptors (Lipinski definition) is 4. The van der Waals surface area contributed by atoms with Crippen LogP contribution in [-0.4, -0.2) is 23.2 Å². The summed E-state index contributed by atoms with van der Waals surface area (Å²) in [4.78, 5) is 26.2. The molecule has 1 amide bonds. The molecule has 0 atom stereocenters. The number of benzene rings is 2. The van der Waals surface area contributed by atoms with Gasteiger partial charge in [0.05, 0.1) is 23.9 Å². The maximum atomic E-state index is 13.2. The molecule has 4 aromatic rings. The van der Waals surface area contributed by atoms with Crippen LogP contribution in [0.1, 0.15) is 26.4 Å². The monoisotopic (exact) mass is 385 g/mol. The normalized spacial score (nSPS) is 10.7. The minimum absolute atomic E-state index is 0.144. The molecule has 0 saturated carbocycles. The number of amides is 1. The van der Waals surface area contributed by atoms with Gasteiger partial charge in [-0.3, -0.25) is 9.59 Å². The first-order valence-corrected chi connectivity index (χ1v) is 9.04. The summed E-state index contributed by atoms with van der Waals surface area (Å²) in [7, 11) is 1.56. The molecule has 29 heavy (non-hydrogen) atoms. The van der Waals surface area contributed by atoms with E-state index in [9.17, 15) is 9.59 Å². The molecule has 4 rings (SSSR count). The number of nitrogens with one attached hydrogen (secondary N) is 1. The number of anilines is 2. The first kappa shape index (κ1) is 18.3. The van der Waals surface area contributed by atoms with Crippen molar-refractivity contribution >= 4 is 28.6 Å². The van der Waals surface area contributed by atoms with Crippen molar-refractivity contribution in [3.8, 4) is 5.75 Å². The zero-order chi connectivity index (χ0) is 20.4. The average molecular weight is 385 g/mol. The van der Waals surface area contributed by atoms with Gasteiger partial charge in [0.25, 0.3) is 5.91 Å². The van der Waals surface area contributed by atoms with Gasteiger partial charge in [0.15, 0.2) is 0 Å². The van der Waals surface area contributed by atoms with Crippen molar-refractivity contribution in [1.82, 2.24) is 4.40 Å². The number of aromatic nitrogens is 1. The van der Waals surface area contributed by atoms with Crippen molar-refractivity contribution in [2.24, 2.45) is 0 Å². The molecule has 3 N–H and O–H groups in total. The van der Waals surface area contributed by atoms with Crippen LogP contribution in [0.5, 0.6) is 5.75 Å². The number of carbonyl (C=O) groups excluding carboxylic acids is 2. The van der Waals surface area contributed by atoms with Gasteiger partial charge >= 0.3 is 0 Å². The van der Waals surface area contributed by atoms with Gasteiger partial charge in [-0.1, -0.05) is 24.3 Å². The van der Waals surface area contributed by atoms with Crippen LogP contribution >= 0.6 is 0 Å². The van der Waals surface area contributed by atoms with Gasteiger partial charge in [-0.25, -0.2) is 0 Å². The molecule has 6 heteroatoms. The van der Waals surface area contributed by atoms with Gasteiger partial charge in [-0.15, -0.1) is 0 Å².